The summed E-state index contributed by atoms with van der Waals surface area (Å²) in [4.78, 5) is 33.6. The van der Waals surface area contributed by atoms with Crippen LogP contribution in [-0.4, -0.2) is 26.8 Å². The third-order valence-electron chi connectivity index (χ3n) is 5.83. The standard InChI is InChI=1S/C26H23N3O2S/c1-17-16-19-10-6-9-15-23(19)28(17)24(30)18(2)32-26-27-22-14-8-7-13-21(22)25(31)29(26)20-11-4-3-5-12-20/h3-15,17-18H,16H2,1-2H3/t17-,18-/m1/s1. The maximum absolute atomic E-state index is 13.5. The number of thioether (sulfide) groups is 1. The molecule has 3 aromatic carbocycles. The van der Waals surface area contributed by atoms with Crippen LogP contribution in [-0.2, 0) is 11.2 Å². The van der Waals surface area contributed by atoms with Gasteiger partial charge in [0.2, 0.25) is 5.91 Å². The molecule has 2 atom stereocenters. The predicted molar refractivity (Wildman–Crippen MR) is 130 cm³/mol. The fraction of sp³-hybridized carbons (Fsp3) is 0.192. The van der Waals surface area contributed by atoms with E-state index in [1.54, 1.807) is 10.6 Å². The van der Waals surface area contributed by atoms with Crippen LogP contribution in [0.4, 0.5) is 5.69 Å². The summed E-state index contributed by atoms with van der Waals surface area (Å²) >= 11 is 1.33. The zero-order valence-corrected chi connectivity index (χ0v) is 18.8. The summed E-state index contributed by atoms with van der Waals surface area (Å²) < 4.78 is 1.61. The Balaban J connectivity index is 1.55. The van der Waals surface area contributed by atoms with E-state index in [4.69, 9.17) is 4.98 Å². The fourth-order valence-corrected chi connectivity index (χ4v) is 5.28. The lowest BCUT2D eigenvalue weighted by atomic mass is 10.1. The molecule has 32 heavy (non-hydrogen) atoms. The Bertz CT molecular complexity index is 1370. The molecule has 0 unspecified atom stereocenters. The minimum absolute atomic E-state index is 0.0227. The minimum Gasteiger partial charge on any atom is -0.308 e. The van der Waals surface area contributed by atoms with Crippen molar-refractivity contribution in [1.82, 2.24) is 9.55 Å². The van der Waals surface area contributed by atoms with Gasteiger partial charge in [-0.15, -0.1) is 0 Å². The fourth-order valence-electron chi connectivity index (χ4n) is 4.30. The van der Waals surface area contributed by atoms with Crippen LogP contribution >= 0.6 is 11.8 Å². The van der Waals surface area contributed by atoms with E-state index in [9.17, 15) is 9.59 Å². The molecule has 5 nitrogen and oxygen atoms in total. The summed E-state index contributed by atoms with van der Waals surface area (Å²) in [5.41, 5.74) is 3.40. The van der Waals surface area contributed by atoms with Gasteiger partial charge in [0.05, 0.1) is 21.8 Å². The van der Waals surface area contributed by atoms with Gasteiger partial charge in [0.25, 0.3) is 5.56 Å². The van der Waals surface area contributed by atoms with Gasteiger partial charge in [-0.2, -0.15) is 0 Å². The largest absolute Gasteiger partial charge is 0.308 e. The number of anilines is 1. The van der Waals surface area contributed by atoms with Crippen LogP contribution in [0.1, 0.15) is 19.4 Å². The van der Waals surface area contributed by atoms with Crippen molar-refractivity contribution in [2.75, 3.05) is 4.90 Å². The summed E-state index contributed by atoms with van der Waals surface area (Å²) in [6.07, 6.45) is 0.849. The maximum atomic E-state index is 13.5. The first-order chi connectivity index (χ1) is 15.5. The predicted octanol–water partition coefficient (Wildman–Crippen LogP) is 4.84. The summed E-state index contributed by atoms with van der Waals surface area (Å²) in [7, 11) is 0. The first-order valence-corrected chi connectivity index (χ1v) is 11.6. The molecule has 0 saturated carbocycles. The molecule has 0 bridgehead atoms. The number of aromatic nitrogens is 2. The highest BCUT2D eigenvalue weighted by Crippen LogP contribution is 2.35. The van der Waals surface area contributed by atoms with Gasteiger partial charge in [0.15, 0.2) is 5.16 Å². The van der Waals surface area contributed by atoms with Crippen LogP contribution in [0.2, 0.25) is 0 Å². The van der Waals surface area contributed by atoms with E-state index in [-0.39, 0.29) is 17.5 Å². The molecule has 1 aliphatic heterocycles. The van der Waals surface area contributed by atoms with Gasteiger partial charge in [-0.3, -0.25) is 14.2 Å². The lowest BCUT2D eigenvalue weighted by Crippen LogP contribution is -2.40. The summed E-state index contributed by atoms with van der Waals surface area (Å²) in [5.74, 6) is 0.0227. The molecule has 4 aromatic rings. The van der Waals surface area contributed by atoms with Crippen molar-refractivity contribution in [2.24, 2.45) is 0 Å². The van der Waals surface area contributed by atoms with Gasteiger partial charge >= 0.3 is 0 Å². The first-order valence-electron chi connectivity index (χ1n) is 10.7. The molecule has 1 amide bonds. The van der Waals surface area contributed by atoms with Crippen molar-refractivity contribution in [1.29, 1.82) is 0 Å². The number of nitrogens with zero attached hydrogens (tertiary/aromatic N) is 3. The average molecular weight is 442 g/mol. The number of amides is 1. The van der Waals surface area contributed by atoms with Crippen molar-refractivity contribution in [2.45, 2.75) is 36.7 Å². The lowest BCUT2D eigenvalue weighted by Gasteiger charge is -2.26. The topological polar surface area (TPSA) is 55.2 Å². The number of carbonyl (C=O) groups excluding carboxylic acids is 1. The maximum Gasteiger partial charge on any atom is 0.266 e. The van der Waals surface area contributed by atoms with Gasteiger partial charge in [-0.25, -0.2) is 4.98 Å². The van der Waals surface area contributed by atoms with Crippen LogP contribution in [0, 0.1) is 0 Å². The second-order valence-electron chi connectivity index (χ2n) is 8.04. The second kappa shape index (κ2) is 8.28. The molecule has 0 spiro atoms. The minimum atomic E-state index is -0.411. The molecule has 1 aromatic heterocycles. The molecule has 1 aliphatic rings. The van der Waals surface area contributed by atoms with Crippen LogP contribution in [0.5, 0.6) is 0 Å². The summed E-state index contributed by atoms with van der Waals surface area (Å²) in [6, 6.07) is 24.9. The quantitative estimate of drug-likeness (QED) is 0.336. The van der Waals surface area contributed by atoms with Crippen LogP contribution in [0.15, 0.2) is 88.8 Å². The summed E-state index contributed by atoms with van der Waals surface area (Å²) in [5, 5.41) is 0.661. The normalized spacial score (nSPS) is 16.2. The van der Waals surface area contributed by atoms with Crippen LogP contribution < -0.4 is 10.5 Å². The molecule has 2 heterocycles. The number of hydrogen-bond donors (Lipinski definition) is 0. The molecule has 5 rings (SSSR count). The Morgan fingerprint density at radius 1 is 1.00 bits per heavy atom. The first kappa shape index (κ1) is 20.5. The number of benzene rings is 3. The van der Waals surface area contributed by atoms with Gasteiger partial charge in [-0.05, 0) is 56.2 Å². The number of para-hydroxylation sites is 3. The Morgan fingerprint density at radius 3 is 2.50 bits per heavy atom. The molecule has 160 valence electrons. The third-order valence-corrected chi connectivity index (χ3v) is 6.87. The number of hydrogen-bond acceptors (Lipinski definition) is 4. The van der Waals surface area contributed by atoms with Crippen molar-refractivity contribution >= 4 is 34.3 Å². The van der Waals surface area contributed by atoms with Crippen molar-refractivity contribution < 1.29 is 4.79 Å². The summed E-state index contributed by atoms with van der Waals surface area (Å²) in [6.45, 7) is 3.96. The van der Waals surface area contributed by atoms with Gasteiger partial charge in [-0.1, -0.05) is 60.3 Å². The van der Waals surface area contributed by atoms with E-state index in [1.165, 1.54) is 17.3 Å². The Kier molecular flexibility index (Phi) is 5.31. The molecular formula is C26H23N3O2S. The smallest absolute Gasteiger partial charge is 0.266 e. The van der Waals surface area contributed by atoms with Crippen molar-refractivity contribution in [3.05, 3.63) is 94.8 Å². The molecular weight excluding hydrogens is 418 g/mol. The molecule has 0 aliphatic carbocycles. The Hall–Kier alpha value is -3.38. The highest BCUT2D eigenvalue weighted by atomic mass is 32.2. The molecule has 0 N–H and O–H groups in total. The highest BCUT2D eigenvalue weighted by Gasteiger charge is 2.34. The monoisotopic (exact) mass is 441 g/mol. The van der Waals surface area contributed by atoms with Gasteiger partial charge in [0, 0.05) is 11.7 Å². The van der Waals surface area contributed by atoms with Crippen LogP contribution in [0.3, 0.4) is 0 Å². The van der Waals surface area contributed by atoms with E-state index >= 15 is 0 Å². The van der Waals surface area contributed by atoms with E-state index in [2.05, 4.69) is 13.0 Å². The zero-order valence-electron chi connectivity index (χ0n) is 17.9. The van der Waals surface area contributed by atoms with E-state index in [1.807, 2.05) is 78.6 Å². The van der Waals surface area contributed by atoms with Gasteiger partial charge in [0.1, 0.15) is 0 Å². The Morgan fingerprint density at radius 2 is 1.69 bits per heavy atom. The second-order valence-corrected chi connectivity index (χ2v) is 9.35. The lowest BCUT2D eigenvalue weighted by molar-refractivity contribution is -0.118. The van der Waals surface area contributed by atoms with E-state index in [0.29, 0.717) is 16.1 Å². The van der Waals surface area contributed by atoms with Gasteiger partial charge < -0.3 is 4.90 Å². The molecule has 0 saturated heterocycles. The Labute approximate surface area is 190 Å². The number of fused-ring (bicyclic) bond motifs is 2. The van der Waals surface area contributed by atoms with Crippen molar-refractivity contribution in [3.63, 3.8) is 0 Å². The molecule has 6 heteroatoms. The third kappa shape index (κ3) is 3.50. The van der Waals surface area contributed by atoms with E-state index < -0.39 is 5.25 Å². The van der Waals surface area contributed by atoms with E-state index in [0.717, 1.165) is 17.8 Å². The SMILES string of the molecule is C[C@@H]1Cc2ccccc2N1C(=O)[C@@H](C)Sc1nc2ccccc2c(=O)n1-c1ccccc1. The van der Waals surface area contributed by atoms with Crippen molar-refractivity contribution in [3.8, 4) is 5.69 Å². The average Bonchev–Trinajstić information content (AvgIpc) is 3.15. The number of carbonyl (C=O) groups is 1. The molecule has 0 radical (unpaired) electrons. The molecule has 0 fully saturated rings. The number of rotatable bonds is 4. The van der Waals surface area contributed by atoms with Crippen LogP contribution in [0.25, 0.3) is 16.6 Å². The zero-order chi connectivity index (χ0) is 22.2. The highest BCUT2D eigenvalue weighted by molar-refractivity contribution is 8.00.